The molecule has 0 unspecified atom stereocenters. The molecule has 1 aliphatic rings. The molecule has 0 aliphatic heterocycles. The Kier molecular flexibility index (Phi) is 2.35. The maximum Gasteiger partial charge on any atom is 0.179 e. The van der Waals surface area contributed by atoms with Gasteiger partial charge in [0.2, 0.25) is 0 Å². The van der Waals surface area contributed by atoms with E-state index in [-0.39, 0.29) is 12.0 Å². The van der Waals surface area contributed by atoms with Gasteiger partial charge >= 0.3 is 0 Å². The molecule has 18 heavy (non-hydrogen) atoms. The Morgan fingerprint density at radius 3 is 2.67 bits per heavy atom. The lowest BCUT2D eigenvalue weighted by molar-refractivity contribution is 0.281. The van der Waals surface area contributed by atoms with Crippen LogP contribution < -0.4 is 5.43 Å². The van der Waals surface area contributed by atoms with Crippen molar-refractivity contribution < 1.29 is 5.11 Å². The number of hydrogen-bond donors (Lipinski definition) is 1. The fraction of sp³-hybridized carbons (Fsp3) is 0.188. The van der Waals surface area contributed by atoms with Crippen LogP contribution in [0, 0.1) is 6.92 Å². The summed E-state index contributed by atoms with van der Waals surface area (Å²) in [6.45, 7) is 4.07. The lowest BCUT2D eigenvalue weighted by Crippen LogP contribution is -1.92. The molecule has 2 aromatic carbocycles. The van der Waals surface area contributed by atoms with Gasteiger partial charge in [-0.15, -0.1) is 0 Å². The molecule has 1 aliphatic carbocycles. The highest BCUT2D eigenvalue weighted by Crippen LogP contribution is 2.38. The first-order valence-electron chi connectivity index (χ1n) is 6.02. The highest BCUT2D eigenvalue weighted by Gasteiger charge is 2.17. The van der Waals surface area contributed by atoms with Crippen molar-refractivity contribution in [1.82, 2.24) is 0 Å². The summed E-state index contributed by atoms with van der Waals surface area (Å²) >= 11 is 0. The number of rotatable bonds is 1. The van der Waals surface area contributed by atoms with E-state index in [0.29, 0.717) is 0 Å². The van der Waals surface area contributed by atoms with E-state index in [4.69, 9.17) is 0 Å². The molecule has 90 valence electrons. The predicted octanol–water partition coefficient (Wildman–Crippen LogP) is 2.87. The summed E-state index contributed by atoms with van der Waals surface area (Å²) in [4.78, 5) is 11.7. The lowest BCUT2D eigenvalue weighted by Gasteiger charge is -2.08. The van der Waals surface area contributed by atoms with Gasteiger partial charge in [-0.05, 0) is 70.6 Å². The Bertz CT molecular complexity index is 755. The standard InChI is InChI=1S/C16H14O2/c1-9-5-15-10(2)12(8-17)6-11-3-4-13(18)7-14(9)16(11)15/h3-7,17H,8H2,1-2H3. The Balaban J connectivity index is 2.59. The second-order valence-electron chi connectivity index (χ2n) is 4.82. The molecule has 2 aromatic rings. The van der Waals surface area contributed by atoms with Crippen molar-refractivity contribution in [3.63, 3.8) is 0 Å². The normalized spacial score (nSPS) is 12.9. The molecular weight excluding hydrogens is 224 g/mol. The topological polar surface area (TPSA) is 37.3 Å². The van der Waals surface area contributed by atoms with Crippen LogP contribution in [-0.2, 0) is 6.61 Å². The van der Waals surface area contributed by atoms with Gasteiger partial charge in [0.1, 0.15) is 0 Å². The van der Waals surface area contributed by atoms with Gasteiger partial charge in [0.05, 0.1) is 6.61 Å². The first kappa shape index (κ1) is 11.2. The van der Waals surface area contributed by atoms with Gasteiger partial charge < -0.3 is 5.11 Å². The third kappa shape index (κ3) is 1.42. The quantitative estimate of drug-likeness (QED) is 0.829. The van der Waals surface area contributed by atoms with E-state index in [1.54, 1.807) is 12.1 Å². The van der Waals surface area contributed by atoms with Gasteiger partial charge in [0.15, 0.2) is 5.43 Å². The number of allylic oxidation sites excluding steroid dienone is 1. The minimum absolute atomic E-state index is 0.0185. The lowest BCUT2D eigenvalue weighted by atomic mass is 9.97. The van der Waals surface area contributed by atoms with E-state index in [2.05, 4.69) is 6.08 Å². The zero-order valence-corrected chi connectivity index (χ0v) is 10.4. The van der Waals surface area contributed by atoms with Crippen LogP contribution in [0.15, 0.2) is 29.1 Å². The zero-order chi connectivity index (χ0) is 12.9. The summed E-state index contributed by atoms with van der Waals surface area (Å²) in [7, 11) is 0. The van der Waals surface area contributed by atoms with Crippen molar-refractivity contribution in [1.29, 1.82) is 0 Å². The minimum Gasteiger partial charge on any atom is -0.392 e. The summed E-state index contributed by atoms with van der Waals surface area (Å²) in [5, 5.41) is 11.6. The molecule has 2 nitrogen and oxygen atoms in total. The molecule has 2 heteroatoms. The molecule has 0 fully saturated rings. The molecule has 1 N–H and O–H groups in total. The zero-order valence-electron chi connectivity index (χ0n) is 10.4. The molecular formula is C16H14O2. The average molecular weight is 238 g/mol. The molecule has 0 amide bonds. The van der Waals surface area contributed by atoms with Gasteiger partial charge in [-0.3, -0.25) is 4.79 Å². The third-order valence-electron chi connectivity index (χ3n) is 3.71. The van der Waals surface area contributed by atoms with E-state index in [0.717, 1.165) is 38.6 Å². The number of aliphatic hydroxyl groups excluding tert-OH is 1. The van der Waals surface area contributed by atoms with E-state index in [1.165, 1.54) is 0 Å². The fourth-order valence-electron chi connectivity index (χ4n) is 2.70. The second kappa shape index (κ2) is 3.79. The van der Waals surface area contributed by atoms with Crippen LogP contribution >= 0.6 is 0 Å². The molecule has 0 aromatic heterocycles. The minimum atomic E-state index is 0.0185. The SMILES string of the molecule is CC1=Cc2c(C)c(CO)cc3ccc(=O)cc1c23. The van der Waals surface area contributed by atoms with E-state index in [1.807, 2.05) is 26.0 Å². The second-order valence-corrected chi connectivity index (χ2v) is 4.82. The van der Waals surface area contributed by atoms with Crippen molar-refractivity contribution in [3.8, 4) is 0 Å². The Hall–Kier alpha value is -1.93. The van der Waals surface area contributed by atoms with Gasteiger partial charge in [-0.2, -0.15) is 0 Å². The van der Waals surface area contributed by atoms with Gasteiger partial charge in [-0.25, -0.2) is 0 Å². The van der Waals surface area contributed by atoms with Crippen LogP contribution in [0.4, 0.5) is 0 Å². The molecule has 0 saturated heterocycles. The number of hydrogen-bond acceptors (Lipinski definition) is 2. The Morgan fingerprint density at radius 1 is 1.17 bits per heavy atom. The van der Waals surface area contributed by atoms with Crippen LogP contribution in [0.5, 0.6) is 0 Å². The van der Waals surface area contributed by atoms with E-state index in [9.17, 15) is 9.90 Å². The van der Waals surface area contributed by atoms with Crippen LogP contribution in [-0.4, -0.2) is 5.11 Å². The molecule has 0 spiro atoms. The van der Waals surface area contributed by atoms with Crippen molar-refractivity contribution in [2.45, 2.75) is 20.5 Å². The number of aliphatic hydroxyl groups is 1. The highest BCUT2D eigenvalue weighted by molar-refractivity contribution is 6.09. The van der Waals surface area contributed by atoms with E-state index >= 15 is 0 Å². The predicted molar refractivity (Wildman–Crippen MR) is 74.4 cm³/mol. The number of benzene rings is 1. The van der Waals surface area contributed by atoms with E-state index < -0.39 is 0 Å². The van der Waals surface area contributed by atoms with Gasteiger partial charge in [0, 0.05) is 0 Å². The summed E-state index contributed by atoms with van der Waals surface area (Å²) < 4.78 is 0. The maximum absolute atomic E-state index is 11.7. The van der Waals surface area contributed by atoms with Crippen LogP contribution in [0.3, 0.4) is 0 Å². The summed E-state index contributed by atoms with van der Waals surface area (Å²) in [5.41, 5.74) is 5.31. The molecule has 0 radical (unpaired) electrons. The molecule has 0 atom stereocenters. The fourth-order valence-corrected chi connectivity index (χ4v) is 2.70. The summed E-state index contributed by atoms with van der Waals surface area (Å²) in [6.07, 6.45) is 2.10. The summed E-state index contributed by atoms with van der Waals surface area (Å²) in [5.74, 6) is 0. The van der Waals surface area contributed by atoms with Crippen LogP contribution in [0.25, 0.3) is 22.4 Å². The van der Waals surface area contributed by atoms with Gasteiger partial charge in [0.25, 0.3) is 0 Å². The van der Waals surface area contributed by atoms with Crippen molar-refractivity contribution >= 4 is 22.4 Å². The molecule has 3 rings (SSSR count). The average Bonchev–Trinajstić information content (AvgIpc) is 2.57. The van der Waals surface area contributed by atoms with Gasteiger partial charge in [-0.1, -0.05) is 12.1 Å². The molecule has 0 heterocycles. The molecule has 0 saturated carbocycles. The van der Waals surface area contributed by atoms with Crippen molar-refractivity contribution in [2.24, 2.45) is 0 Å². The Morgan fingerprint density at radius 2 is 1.94 bits per heavy atom. The van der Waals surface area contributed by atoms with Crippen molar-refractivity contribution in [2.75, 3.05) is 0 Å². The van der Waals surface area contributed by atoms with Crippen LogP contribution in [0.1, 0.15) is 29.2 Å². The first-order valence-corrected chi connectivity index (χ1v) is 6.02. The summed E-state index contributed by atoms with van der Waals surface area (Å²) in [6, 6.07) is 7.10. The molecule has 0 bridgehead atoms. The Labute approximate surface area is 105 Å². The van der Waals surface area contributed by atoms with Crippen molar-refractivity contribution in [3.05, 3.63) is 56.7 Å². The smallest absolute Gasteiger partial charge is 0.179 e. The maximum atomic E-state index is 11.7. The monoisotopic (exact) mass is 238 g/mol. The largest absolute Gasteiger partial charge is 0.392 e. The van der Waals surface area contributed by atoms with Crippen LogP contribution in [0.2, 0.25) is 0 Å². The first-order chi connectivity index (χ1) is 8.61. The highest BCUT2D eigenvalue weighted by atomic mass is 16.3. The third-order valence-corrected chi connectivity index (χ3v) is 3.71.